The predicted octanol–water partition coefficient (Wildman–Crippen LogP) is 1.42. The third-order valence-corrected chi connectivity index (χ3v) is 3.86. The maximum Gasteiger partial charge on any atom is 0.410 e. The highest BCUT2D eigenvalue weighted by atomic mass is 79.9. The Morgan fingerprint density at radius 1 is 1.41 bits per heavy atom. The van der Waals surface area contributed by atoms with Crippen LogP contribution in [-0.4, -0.2) is 44.0 Å². The van der Waals surface area contributed by atoms with Gasteiger partial charge in [0, 0.05) is 7.05 Å². The summed E-state index contributed by atoms with van der Waals surface area (Å²) in [5, 5.41) is 14.5. The van der Waals surface area contributed by atoms with Crippen LogP contribution in [0.25, 0.3) is 0 Å². The Labute approximate surface area is 135 Å². The average Bonchev–Trinajstić information content (AvgIpc) is 2.81. The van der Waals surface area contributed by atoms with E-state index in [4.69, 9.17) is 4.74 Å². The molecule has 7 nitrogen and oxygen atoms in total. The molecular weight excluding hydrogens is 352 g/mol. The second-order valence-corrected chi connectivity index (χ2v) is 5.97. The smallest absolute Gasteiger partial charge is 0.410 e. The summed E-state index contributed by atoms with van der Waals surface area (Å²) < 4.78 is 7.12. The number of β-amino-alcohol motifs (C(OH)–C–C–N with tert-alkyl or cyclic N) is 1. The third kappa shape index (κ3) is 2.84. The quantitative estimate of drug-likeness (QED) is 0.888. The van der Waals surface area contributed by atoms with E-state index in [0.29, 0.717) is 10.6 Å². The SMILES string of the molecule is Cn1nc(Br)nc1C1(O)CN(C(=O)OCc2ccccc2)C1. The van der Waals surface area contributed by atoms with E-state index >= 15 is 0 Å². The van der Waals surface area contributed by atoms with Crippen molar-refractivity contribution < 1.29 is 14.6 Å². The summed E-state index contributed by atoms with van der Waals surface area (Å²) in [5.74, 6) is 0.423. The van der Waals surface area contributed by atoms with E-state index in [9.17, 15) is 9.90 Å². The monoisotopic (exact) mass is 366 g/mol. The first-order valence-corrected chi connectivity index (χ1v) is 7.52. The van der Waals surface area contributed by atoms with Crippen LogP contribution in [0.5, 0.6) is 0 Å². The minimum Gasteiger partial charge on any atom is -0.445 e. The van der Waals surface area contributed by atoms with Crippen LogP contribution in [0.4, 0.5) is 4.79 Å². The van der Waals surface area contributed by atoms with Crippen molar-refractivity contribution in [3.63, 3.8) is 0 Å². The van der Waals surface area contributed by atoms with E-state index in [-0.39, 0.29) is 19.7 Å². The molecule has 1 aliphatic rings. The summed E-state index contributed by atoms with van der Waals surface area (Å²) >= 11 is 3.16. The van der Waals surface area contributed by atoms with Crippen LogP contribution in [0.2, 0.25) is 0 Å². The fraction of sp³-hybridized carbons (Fsp3) is 0.357. The number of nitrogens with zero attached hydrogens (tertiary/aromatic N) is 4. The van der Waals surface area contributed by atoms with Crippen LogP contribution < -0.4 is 0 Å². The molecule has 1 aromatic heterocycles. The topological polar surface area (TPSA) is 80.5 Å². The molecule has 1 amide bonds. The Balaban J connectivity index is 1.56. The molecule has 1 fully saturated rings. The molecule has 0 saturated carbocycles. The molecule has 0 radical (unpaired) electrons. The lowest BCUT2D eigenvalue weighted by molar-refractivity contribution is -0.102. The van der Waals surface area contributed by atoms with Crippen molar-refractivity contribution in [2.75, 3.05) is 13.1 Å². The van der Waals surface area contributed by atoms with Gasteiger partial charge in [0.05, 0.1) is 13.1 Å². The Morgan fingerprint density at radius 3 is 2.68 bits per heavy atom. The van der Waals surface area contributed by atoms with E-state index in [1.54, 1.807) is 7.05 Å². The first kappa shape index (κ1) is 15.0. The Kier molecular flexibility index (Phi) is 3.88. The summed E-state index contributed by atoms with van der Waals surface area (Å²) in [5.41, 5.74) is -0.261. The molecule has 2 aromatic rings. The number of benzene rings is 1. The van der Waals surface area contributed by atoms with Gasteiger partial charge in [0.25, 0.3) is 0 Å². The normalized spacial score (nSPS) is 16.2. The zero-order valence-electron chi connectivity index (χ0n) is 11.9. The number of amides is 1. The summed E-state index contributed by atoms with van der Waals surface area (Å²) in [6.07, 6.45) is -0.449. The third-order valence-electron chi connectivity index (χ3n) is 3.52. The van der Waals surface area contributed by atoms with Crippen LogP contribution >= 0.6 is 15.9 Å². The van der Waals surface area contributed by atoms with Gasteiger partial charge in [-0.1, -0.05) is 30.3 Å². The standard InChI is InChI=1S/C14H15BrN4O3/c1-18-11(16-12(15)17-18)14(21)8-19(9-14)13(20)22-7-10-5-3-2-4-6-10/h2-6,21H,7-9H2,1H3. The number of hydrogen-bond donors (Lipinski definition) is 1. The molecule has 116 valence electrons. The van der Waals surface area contributed by atoms with Gasteiger partial charge in [-0.3, -0.25) is 0 Å². The van der Waals surface area contributed by atoms with Gasteiger partial charge in [-0.25, -0.2) is 14.5 Å². The number of carbonyl (C=O) groups excluding carboxylic acids is 1. The number of ether oxygens (including phenoxy) is 1. The molecule has 0 aliphatic carbocycles. The second kappa shape index (κ2) is 5.69. The van der Waals surface area contributed by atoms with Gasteiger partial charge in [0.1, 0.15) is 6.61 Å². The molecule has 3 rings (SSSR count). The van der Waals surface area contributed by atoms with Gasteiger partial charge in [-0.2, -0.15) is 0 Å². The van der Waals surface area contributed by atoms with Crippen LogP contribution in [0.15, 0.2) is 35.1 Å². The van der Waals surface area contributed by atoms with Crippen molar-refractivity contribution in [1.29, 1.82) is 0 Å². The molecule has 0 unspecified atom stereocenters. The van der Waals surface area contributed by atoms with Gasteiger partial charge < -0.3 is 14.7 Å². The van der Waals surface area contributed by atoms with Crippen molar-refractivity contribution in [1.82, 2.24) is 19.7 Å². The fourth-order valence-electron chi connectivity index (χ4n) is 2.42. The number of rotatable bonds is 3. The van der Waals surface area contributed by atoms with Gasteiger partial charge in [0.2, 0.25) is 4.73 Å². The fourth-order valence-corrected chi connectivity index (χ4v) is 2.83. The molecule has 1 saturated heterocycles. The zero-order chi connectivity index (χ0) is 15.7. The van der Waals surface area contributed by atoms with E-state index in [0.717, 1.165) is 5.56 Å². The van der Waals surface area contributed by atoms with Crippen molar-refractivity contribution in [2.45, 2.75) is 12.2 Å². The molecule has 0 bridgehead atoms. The molecule has 1 aliphatic heterocycles. The average molecular weight is 367 g/mol. The molecule has 22 heavy (non-hydrogen) atoms. The maximum absolute atomic E-state index is 11.9. The highest BCUT2D eigenvalue weighted by molar-refractivity contribution is 9.10. The zero-order valence-corrected chi connectivity index (χ0v) is 13.5. The second-order valence-electron chi connectivity index (χ2n) is 5.26. The van der Waals surface area contributed by atoms with Crippen LogP contribution in [0.1, 0.15) is 11.4 Å². The lowest BCUT2D eigenvalue weighted by atomic mass is 9.94. The minimum atomic E-state index is -1.18. The van der Waals surface area contributed by atoms with Gasteiger partial charge in [-0.05, 0) is 21.5 Å². The molecule has 2 heterocycles. The Bertz CT molecular complexity index is 683. The van der Waals surface area contributed by atoms with Gasteiger partial charge in [-0.15, -0.1) is 5.10 Å². The lowest BCUT2D eigenvalue weighted by Gasteiger charge is -2.44. The first-order chi connectivity index (χ1) is 10.5. The summed E-state index contributed by atoms with van der Waals surface area (Å²) in [4.78, 5) is 17.5. The Hall–Kier alpha value is -1.93. The number of aliphatic hydroxyl groups is 1. The molecule has 8 heteroatoms. The van der Waals surface area contributed by atoms with E-state index in [1.165, 1.54) is 9.58 Å². The van der Waals surface area contributed by atoms with Gasteiger partial charge >= 0.3 is 6.09 Å². The number of aryl methyl sites for hydroxylation is 1. The van der Waals surface area contributed by atoms with Crippen molar-refractivity contribution in [2.24, 2.45) is 7.05 Å². The first-order valence-electron chi connectivity index (χ1n) is 6.73. The summed E-state index contributed by atoms with van der Waals surface area (Å²) in [6.45, 7) is 0.489. The highest BCUT2D eigenvalue weighted by Gasteiger charge is 2.49. The maximum atomic E-state index is 11.9. The molecule has 1 aromatic carbocycles. The number of carbonyl (C=O) groups is 1. The summed E-state index contributed by atoms with van der Waals surface area (Å²) in [7, 11) is 1.70. The molecule has 0 atom stereocenters. The molecule has 1 N–H and O–H groups in total. The van der Waals surface area contributed by atoms with E-state index in [1.807, 2.05) is 30.3 Å². The van der Waals surface area contributed by atoms with Crippen molar-refractivity contribution in [3.05, 3.63) is 46.5 Å². The van der Waals surface area contributed by atoms with Crippen LogP contribution in [-0.2, 0) is 24.0 Å². The van der Waals surface area contributed by atoms with Crippen LogP contribution in [0.3, 0.4) is 0 Å². The summed E-state index contributed by atoms with van der Waals surface area (Å²) in [6, 6.07) is 9.45. The van der Waals surface area contributed by atoms with Crippen molar-refractivity contribution >= 4 is 22.0 Å². The van der Waals surface area contributed by atoms with Gasteiger partial charge in [0.15, 0.2) is 11.4 Å². The minimum absolute atomic E-state index is 0.138. The largest absolute Gasteiger partial charge is 0.445 e. The Morgan fingerprint density at radius 2 is 2.09 bits per heavy atom. The van der Waals surface area contributed by atoms with Crippen LogP contribution in [0, 0.1) is 0 Å². The molecular formula is C14H15BrN4O3. The van der Waals surface area contributed by atoms with E-state index < -0.39 is 11.7 Å². The highest BCUT2D eigenvalue weighted by Crippen LogP contribution is 2.31. The van der Waals surface area contributed by atoms with Crippen molar-refractivity contribution in [3.8, 4) is 0 Å². The molecule has 0 spiro atoms. The lowest BCUT2D eigenvalue weighted by Crippen LogP contribution is -2.62. The number of aromatic nitrogens is 3. The number of hydrogen-bond acceptors (Lipinski definition) is 5. The predicted molar refractivity (Wildman–Crippen MR) is 80.8 cm³/mol. The number of halogens is 1. The number of likely N-dealkylation sites (tertiary alicyclic amines) is 1. The van der Waals surface area contributed by atoms with E-state index in [2.05, 4.69) is 26.0 Å².